The molecule has 0 unspecified atom stereocenters. The van der Waals surface area contributed by atoms with E-state index in [-0.39, 0.29) is 17.0 Å². The molecule has 8 nitrogen and oxygen atoms in total. The second kappa shape index (κ2) is 8.17. The van der Waals surface area contributed by atoms with Crippen molar-refractivity contribution in [3.63, 3.8) is 0 Å². The molecule has 0 saturated heterocycles. The molecule has 1 aliphatic carbocycles. The summed E-state index contributed by atoms with van der Waals surface area (Å²) in [6, 6.07) is 8.16. The number of aromatic nitrogens is 5. The Labute approximate surface area is 208 Å². The molecule has 6 rings (SSSR count). The normalized spacial score (nSPS) is 15.9. The lowest BCUT2D eigenvalue weighted by Crippen LogP contribution is -2.24. The topological polar surface area (TPSA) is 89.7 Å². The fourth-order valence-electron chi connectivity index (χ4n) is 4.67. The molecule has 0 amide bonds. The fraction of sp³-hybridized carbons (Fsp3) is 0.385. The van der Waals surface area contributed by atoms with Gasteiger partial charge in [-0.25, -0.2) is 14.3 Å². The van der Waals surface area contributed by atoms with E-state index in [0.717, 1.165) is 60.0 Å². The van der Waals surface area contributed by atoms with Crippen molar-refractivity contribution in [2.24, 2.45) is 0 Å². The van der Waals surface area contributed by atoms with Crippen LogP contribution in [0.15, 0.2) is 41.5 Å². The summed E-state index contributed by atoms with van der Waals surface area (Å²) in [5.41, 5.74) is 5.43. The van der Waals surface area contributed by atoms with Crippen molar-refractivity contribution in [3.05, 3.63) is 68.9 Å². The molecule has 0 radical (unpaired) electrons. The predicted molar refractivity (Wildman–Crippen MR) is 138 cm³/mol. The molecule has 4 heterocycles. The van der Waals surface area contributed by atoms with E-state index in [9.17, 15) is 4.79 Å². The van der Waals surface area contributed by atoms with Gasteiger partial charge in [-0.2, -0.15) is 4.98 Å². The van der Waals surface area contributed by atoms with Gasteiger partial charge in [0.1, 0.15) is 5.39 Å². The van der Waals surface area contributed by atoms with Gasteiger partial charge < -0.3 is 10.6 Å². The zero-order valence-electron chi connectivity index (χ0n) is 20.1. The first-order valence-corrected chi connectivity index (χ1v) is 12.4. The van der Waals surface area contributed by atoms with E-state index in [2.05, 4.69) is 47.4 Å². The number of rotatable bonds is 4. The Kier molecular flexibility index (Phi) is 5.19. The Morgan fingerprint density at radius 2 is 2.00 bits per heavy atom. The minimum atomic E-state index is -0.118. The molecule has 35 heavy (non-hydrogen) atoms. The van der Waals surface area contributed by atoms with E-state index < -0.39 is 0 Å². The van der Waals surface area contributed by atoms with Gasteiger partial charge in [0.25, 0.3) is 5.56 Å². The molecule has 2 aliphatic rings. The van der Waals surface area contributed by atoms with Crippen LogP contribution in [0.4, 0.5) is 11.6 Å². The number of anilines is 2. The Balaban J connectivity index is 1.47. The first-order chi connectivity index (χ1) is 16.8. The number of pyridine rings is 1. The molecule has 0 atom stereocenters. The summed E-state index contributed by atoms with van der Waals surface area (Å²) in [4.78, 5) is 27.2. The van der Waals surface area contributed by atoms with Gasteiger partial charge in [0.2, 0.25) is 5.95 Å². The van der Waals surface area contributed by atoms with Crippen LogP contribution in [0.5, 0.6) is 0 Å². The lowest BCUT2D eigenvalue weighted by Gasteiger charge is -2.20. The number of hydrogen-bond donors (Lipinski definition) is 2. The van der Waals surface area contributed by atoms with Crippen LogP contribution in [0.25, 0.3) is 16.7 Å². The fourth-order valence-corrected chi connectivity index (χ4v) is 4.98. The van der Waals surface area contributed by atoms with Crippen molar-refractivity contribution in [2.45, 2.75) is 58.0 Å². The molecule has 1 fully saturated rings. The minimum Gasteiger partial charge on any atom is -0.324 e. The first kappa shape index (κ1) is 22.2. The van der Waals surface area contributed by atoms with Crippen LogP contribution in [0.2, 0.25) is 5.02 Å². The summed E-state index contributed by atoms with van der Waals surface area (Å²) in [6.07, 6.45) is 6.31. The molecule has 1 aromatic carbocycles. The Morgan fingerprint density at radius 1 is 1.17 bits per heavy atom. The monoisotopic (exact) mass is 489 g/mol. The summed E-state index contributed by atoms with van der Waals surface area (Å²) >= 11 is 6.56. The van der Waals surface area contributed by atoms with Crippen molar-refractivity contribution in [1.29, 1.82) is 0 Å². The van der Waals surface area contributed by atoms with E-state index >= 15 is 0 Å². The molecule has 3 aromatic heterocycles. The van der Waals surface area contributed by atoms with Gasteiger partial charge >= 0.3 is 0 Å². The third-order valence-corrected chi connectivity index (χ3v) is 7.03. The lowest BCUT2D eigenvalue weighted by molar-refractivity contribution is 0.549. The van der Waals surface area contributed by atoms with Crippen LogP contribution in [0.1, 0.15) is 56.5 Å². The Bertz CT molecular complexity index is 1510. The van der Waals surface area contributed by atoms with Crippen molar-refractivity contribution >= 4 is 34.3 Å². The first-order valence-electron chi connectivity index (χ1n) is 12.1. The van der Waals surface area contributed by atoms with E-state index in [1.54, 1.807) is 12.4 Å². The molecule has 0 bridgehead atoms. The highest BCUT2D eigenvalue weighted by Crippen LogP contribution is 2.36. The van der Waals surface area contributed by atoms with Crippen molar-refractivity contribution < 1.29 is 0 Å². The zero-order valence-corrected chi connectivity index (χ0v) is 20.9. The molecular weight excluding hydrogens is 462 g/mol. The van der Waals surface area contributed by atoms with E-state index in [1.165, 1.54) is 5.56 Å². The van der Waals surface area contributed by atoms with Crippen LogP contribution < -0.4 is 16.2 Å². The Morgan fingerprint density at radius 3 is 2.77 bits per heavy atom. The molecular formula is C26H28ClN7O. The predicted octanol–water partition coefficient (Wildman–Crippen LogP) is 4.65. The maximum atomic E-state index is 13.4. The van der Waals surface area contributed by atoms with Crippen molar-refractivity contribution in [2.75, 3.05) is 11.9 Å². The molecule has 0 spiro atoms. The largest absolute Gasteiger partial charge is 0.324 e. The second-order valence-electron chi connectivity index (χ2n) is 10.4. The standard InChI is InChI=1S/C26H28ClN7O/c1-26(2,3)22-12-18(7-9-29-22)33-23-20(24(35)34(33)17-4-5-17)14-30-25(32-23)31-16-10-15-6-8-28-13-19(15)21(27)11-16/h7,9-12,14,17,28H,4-6,8,13H2,1-3H3,(H,30,31,32). The summed E-state index contributed by atoms with van der Waals surface area (Å²) in [7, 11) is 0. The number of nitrogens with one attached hydrogen (secondary N) is 2. The summed E-state index contributed by atoms with van der Waals surface area (Å²) in [5.74, 6) is 0.425. The number of fused-ring (bicyclic) bond motifs is 2. The van der Waals surface area contributed by atoms with Gasteiger partial charge in [0.05, 0.1) is 11.7 Å². The molecule has 2 N–H and O–H groups in total. The molecule has 180 valence electrons. The molecule has 1 aliphatic heterocycles. The van der Waals surface area contributed by atoms with Crippen molar-refractivity contribution in [3.8, 4) is 5.69 Å². The van der Waals surface area contributed by atoms with E-state index in [0.29, 0.717) is 17.0 Å². The van der Waals surface area contributed by atoms with Gasteiger partial charge in [-0.05, 0) is 61.2 Å². The van der Waals surface area contributed by atoms with Gasteiger partial charge in [0.15, 0.2) is 5.65 Å². The number of nitrogens with zero attached hydrogens (tertiary/aromatic N) is 5. The van der Waals surface area contributed by atoms with Crippen LogP contribution >= 0.6 is 11.6 Å². The van der Waals surface area contributed by atoms with Gasteiger partial charge in [-0.1, -0.05) is 32.4 Å². The van der Waals surface area contributed by atoms with Crippen molar-refractivity contribution in [1.82, 2.24) is 29.6 Å². The van der Waals surface area contributed by atoms with E-state index in [1.807, 2.05) is 27.6 Å². The lowest BCUT2D eigenvalue weighted by atomic mass is 9.91. The molecule has 4 aromatic rings. The number of halogens is 1. The third-order valence-electron chi connectivity index (χ3n) is 6.69. The van der Waals surface area contributed by atoms with Crippen LogP contribution in [0, 0.1) is 0 Å². The highest BCUT2D eigenvalue weighted by atomic mass is 35.5. The zero-order chi connectivity index (χ0) is 24.3. The highest BCUT2D eigenvalue weighted by molar-refractivity contribution is 6.31. The quantitative estimate of drug-likeness (QED) is 0.433. The SMILES string of the molecule is CC(C)(C)c1cc(-n2c3nc(Nc4cc(Cl)c5c(c4)CCNC5)ncc3c(=O)n2C2CC2)ccn1. The maximum Gasteiger partial charge on any atom is 0.278 e. The Hall–Kier alpha value is -3.23. The highest BCUT2D eigenvalue weighted by Gasteiger charge is 2.31. The van der Waals surface area contributed by atoms with Gasteiger partial charge in [-0.3, -0.25) is 9.78 Å². The van der Waals surface area contributed by atoms with Crippen LogP contribution in [0.3, 0.4) is 0 Å². The van der Waals surface area contributed by atoms with Gasteiger partial charge in [0, 0.05) is 40.8 Å². The van der Waals surface area contributed by atoms with Crippen LogP contribution in [-0.4, -0.2) is 30.9 Å². The molecule has 9 heteroatoms. The molecule has 1 saturated carbocycles. The average Bonchev–Trinajstić information content (AvgIpc) is 3.62. The van der Waals surface area contributed by atoms with Gasteiger partial charge in [-0.15, -0.1) is 0 Å². The number of benzene rings is 1. The number of hydrogen-bond acceptors (Lipinski definition) is 6. The minimum absolute atomic E-state index is 0.0625. The summed E-state index contributed by atoms with van der Waals surface area (Å²) in [6.45, 7) is 8.10. The van der Waals surface area contributed by atoms with Crippen LogP contribution in [-0.2, 0) is 18.4 Å². The van der Waals surface area contributed by atoms with E-state index in [4.69, 9.17) is 16.6 Å². The maximum absolute atomic E-state index is 13.4. The summed E-state index contributed by atoms with van der Waals surface area (Å²) in [5, 5.41) is 7.90. The summed E-state index contributed by atoms with van der Waals surface area (Å²) < 4.78 is 3.76. The third kappa shape index (κ3) is 4.00. The average molecular weight is 490 g/mol. The second-order valence-corrected chi connectivity index (χ2v) is 10.8. The smallest absolute Gasteiger partial charge is 0.278 e.